The monoisotopic (exact) mass is 197 g/mol. The summed E-state index contributed by atoms with van der Waals surface area (Å²) in [6.45, 7) is 0. The number of carboxylic acid groups (broad SMARTS) is 1. The van der Waals surface area contributed by atoms with Crippen LogP contribution in [-0.2, 0) is 4.79 Å². The molecule has 1 saturated heterocycles. The Balaban J connectivity index is 2.03. The molecule has 0 amide bonds. The van der Waals surface area contributed by atoms with Crippen LogP contribution >= 0.6 is 11.3 Å². The third-order valence-corrected chi connectivity index (χ3v) is 3.09. The van der Waals surface area contributed by atoms with Gasteiger partial charge < -0.3 is 5.11 Å². The van der Waals surface area contributed by atoms with Crippen molar-refractivity contribution >= 4 is 17.3 Å². The van der Waals surface area contributed by atoms with Gasteiger partial charge in [-0.1, -0.05) is 0 Å². The zero-order valence-corrected chi connectivity index (χ0v) is 7.88. The van der Waals surface area contributed by atoms with Crippen LogP contribution in [0.15, 0.2) is 16.8 Å². The fourth-order valence-corrected chi connectivity index (χ4v) is 2.39. The van der Waals surface area contributed by atoms with Crippen LogP contribution in [0.2, 0.25) is 0 Å². The summed E-state index contributed by atoms with van der Waals surface area (Å²) < 4.78 is 0. The van der Waals surface area contributed by atoms with E-state index in [1.807, 2.05) is 11.4 Å². The minimum atomic E-state index is -0.738. The van der Waals surface area contributed by atoms with Crippen molar-refractivity contribution in [3.05, 3.63) is 22.4 Å². The molecule has 13 heavy (non-hydrogen) atoms. The summed E-state index contributed by atoms with van der Waals surface area (Å²) in [7, 11) is 0. The summed E-state index contributed by atoms with van der Waals surface area (Å²) in [6, 6.07) is 1.93. The first-order valence-corrected chi connectivity index (χ1v) is 5.22. The van der Waals surface area contributed by atoms with Gasteiger partial charge in [-0.15, -0.1) is 0 Å². The molecule has 0 unspecified atom stereocenters. The maximum Gasteiger partial charge on any atom is 0.320 e. The van der Waals surface area contributed by atoms with E-state index in [-0.39, 0.29) is 12.1 Å². The van der Waals surface area contributed by atoms with Gasteiger partial charge in [0.1, 0.15) is 6.04 Å². The number of hydrogen-bond donors (Lipinski definition) is 2. The lowest BCUT2D eigenvalue weighted by atomic mass is 10.1. The fourth-order valence-electron chi connectivity index (χ4n) is 1.67. The molecule has 1 aromatic heterocycles. The van der Waals surface area contributed by atoms with Crippen molar-refractivity contribution in [2.45, 2.75) is 24.9 Å². The Morgan fingerprint density at radius 3 is 3.00 bits per heavy atom. The van der Waals surface area contributed by atoms with Crippen molar-refractivity contribution in [1.29, 1.82) is 0 Å². The molecule has 2 rings (SSSR count). The minimum Gasteiger partial charge on any atom is -0.480 e. The largest absolute Gasteiger partial charge is 0.480 e. The molecule has 2 atom stereocenters. The molecule has 0 radical (unpaired) electrons. The molecule has 70 valence electrons. The summed E-state index contributed by atoms with van der Waals surface area (Å²) in [5.74, 6) is -0.738. The first-order valence-electron chi connectivity index (χ1n) is 4.28. The molecule has 1 aliphatic heterocycles. The van der Waals surface area contributed by atoms with Crippen molar-refractivity contribution < 1.29 is 9.90 Å². The smallest absolute Gasteiger partial charge is 0.320 e. The van der Waals surface area contributed by atoms with Crippen molar-refractivity contribution in [3.63, 3.8) is 0 Å². The van der Waals surface area contributed by atoms with Gasteiger partial charge in [0.25, 0.3) is 0 Å². The number of thiophene rings is 1. The lowest BCUT2D eigenvalue weighted by molar-refractivity contribution is -0.139. The highest BCUT2D eigenvalue weighted by Crippen LogP contribution is 2.27. The molecule has 1 fully saturated rings. The molecular formula is C9H11NO2S. The van der Waals surface area contributed by atoms with Crippen molar-refractivity contribution in [3.8, 4) is 0 Å². The standard InChI is InChI=1S/C9H11NO2S/c11-9(12)8-2-1-7(10-8)6-3-4-13-5-6/h3-5,7-8,10H,1-2H2,(H,11,12)/t7-,8-/m0/s1. The molecule has 0 spiro atoms. The van der Waals surface area contributed by atoms with E-state index in [2.05, 4.69) is 10.7 Å². The van der Waals surface area contributed by atoms with Crippen LogP contribution in [0, 0.1) is 0 Å². The minimum absolute atomic E-state index is 0.243. The van der Waals surface area contributed by atoms with Gasteiger partial charge in [0.15, 0.2) is 0 Å². The lowest BCUT2D eigenvalue weighted by Crippen LogP contribution is -2.31. The molecule has 0 saturated carbocycles. The van der Waals surface area contributed by atoms with E-state index >= 15 is 0 Å². The molecular weight excluding hydrogens is 186 g/mol. The highest BCUT2D eigenvalue weighted by atomic mass is 32.1. The lowest BCUT2D eigenvalue weighted by Gasteiger charge is -2.09. The van der Waals surface area contributed by atoms with Crippen LogP contribution in [0.3, 0.4) is 0 Å². The van der Waals surface area contributed by atoms with Crippen LogP contribution in [0.5, 0.6) is 0 Å². The van der Waals surface area contributed by atoms with Gasteiger partial charge in [-0.25, -0.2) is 0 Å². The Hall–Kier alpha value is -0.870. The number of carbonyl (C=O) groups is 1. The number of rotatable bonds is 2. The summed E-state index contributed by atoms with van der Waals surface area (Å²) in [6.07, 6.45) is 1.66. The summed E-state index contributed by atoms with van der Waals surface area (Å²) >= 11 is 1.65. The average Bonchev–Trinajstić information content (AvgIpc) is 2.75. The highest BCUT2D eigenvalue weighted by molar-refractivity contribution is 7.07. The Morgan fingerprint density at radius 1 is 1.62 bits per heavy atom. The first-order chi connectivity index (χ1) is 6.27. The van der Waals surface area contributed by atoms with Crippen LogP contribution in [0.1, 0.15) is 24.4 Å². The quantitative estimate of drug-likeness (QED) is 0.757. The van der Waals surface area contributed by atoms with Crippen molar-refractivity contribution in [1.82, 2.24) is 5.32 Å². The van der Waals surface area contributed by atoms with Crippen LogP contribution in [0.4, 0.5) is 0 Å². The molecule has 0 bridgehead atoms. The third kappa shape index (κ3) is 1.73. The summed E-state index contributed by atoms with van der Waals surface area (Å²) in [5, 5.41) is 16.0. The van der Waals surface area contributed by atoms with Gasteiger partial charge in [0.05, 0.1) is 0 Å². The molecule has 1 aliphatic rings. The maximum atomic E-state index is 10.7. The molecule has 4 heteroatoms. The summed E-state index contributed by atoms with van der Waals surface area (Å²) in [4.78, 5) is 10.7. The molecule has 0 aliphatic carbocycles. The number of carboxylic acids is 1. The zero-order chi connectivity index (χ0) is 9.26. The first kappa shape index (κ1) is 8.72. The van der Waals surface area contributed by atoms with Gasteiger partial charge >= 0.3 is 5.97 Å². The van der Waals surface area contributed by atoms with E-state index in [9.17, 15) is 4.79 Å². The van der Waals surface area contributed by atoms with Gasteiger partial charge in [0, 0.05) is 6.04 Å². The maximum absolute atomic E-state index is 10.7. The second kappa shape index (κ2) is 3.47. The number of nitrogens with one attached hydrogen (secondary N) is 1. The van der Waals surface area contributed by atoms with Gasteiger partial charge in [-0.3, -0.25) is 10.1 Å². The van der Waals surface area contributed by atoms with E-state index in [4.69, 9.17) is 5.11 Å². The van der Waals surface area contributed by atoms with Gasteiger partial charge in [0.2, 0.25) is 0 Å². The van der Waals surface area contributed by atoms with Crippen LogP contribution in [0.25, 0.3) is 0 Å². The molecule has 2 heterocycles. The summed E-state index contributed by atoms with van der Waals surface area (Å²) in [5.41, 5.74) is 1.22. The topological polar surface area (TPSA) is 49.3 Å². The fraction of sp³-hybridized carbons (Fsp3) is 0.444. The molecule has 3 nitrogen and oxygen atoms in total. The number of hydrogen-bond acceptors (Lipinski definition) is 3. The SMILES string of the molecule is O=C(O)[C@@H]1CC[C@@H](c2ccsc2)N1. The Labute approximate surface area is 80.4 Å². The predicted octanol–water partition coefficient (Wildman–Crippen LogP) is 1.63. The Bertz CT molecular complexity index is 297. The van der Waals surface area contributed by atoms with Crippen LogP contribution < -0.4 is 5.32 Å². The average molecular weight is 197 g/mol. The van der Waals surface area contributed by atoms with E-state index in [1.54, 1.807) is 11.3 Å². The van der Waals surface area contributed by atoms with Crippen molar-refractivity contribution in [2.24, 2.45) is 0 Å². The second-order valence-corrected chi connectivity index (χ2v) is 4.02. The van der Waals surface area contributed by atoms with E-state index < -0.39 is 5.97 Å². The predicted molar refractivity (Wildman–Crippen MR) is 50.9 cm³/mol. The Kier molecular flexibility index (Phi) is 2.33. The molecule has 0 aromatic carbocycles. The van der Waals surface area contributed by atoms with Crippen LogP contribution in [-0.4, -0.2) is 17.1 Å². The van der Waals surface area contributed by atoms with E-state index in [0.717, 1.165) is 12.8 Å². The molecule has 1 aromatic rings. The van der Waals surface area contributed by atoms with Crippen molar-refractivity contribution in [2.75, 3.05) is 0 Å². The second-order valence-electron chi connectivity index (χ2n) is 3.24. The van der Waals surface area contributed by atoms with Gasteiger partial charge in [-0.2, -0.15) is 11.3 Å². The normalized spacial score (nSPS) is 27.7. The zero-order valence-electron chi connectivity index (χ0n) is 7.06. The number of aliphatic carboxylic acids is 1. The molecule has 2 N–H and O–H groups in total. The Morgan fingerprint density at radius 2 is 2.46 bits per heavy atom. The van der Waals surface area contributed by atoms with E-state index in [0.29, 0.717) is 0 Å². The van der Waals surface area contributed by atoms with E-state index in [1.165, 1.54) is 5.56 Å². The van der Waals surface area contributed by atoms with Gasteiger partial charge in [-0.05, 0) is 35.2 Å². The third-order valence-electron chi connectivity index (χ3n) is 2.39. The highest BCUT2D eigenvalue weighted by Gasteiger charge is 2.29.